The largest absolute Gasteiger partial charge is 0.478 e. The standard InChI is InChI=1S/C32H24N2O10/c1-43-31(41)19-5-3-7-21(13-19)33-27(35)23-11-9-17(15-25(23)29(37)38)18-10-12-24(26(16-18)30(39)40)28(36)34-22-8-4-6-20(14-22)32(42)44-2/h3-16H,1-2H3,(H,33,35)(H,34,36)(H,37,38)(H,39,40). The van der Waals surface area contributed by atoms with Gasteiger partial charge in [0.05, 0.1) is 47.6 Å². The number of carbonyl (C=O) groups excluding carboxylic acids is 4. The normalized spacial score (nSPS) is 10.3. The lowest BCUT2D eigenvalue weighted by Gasteiger charge is -2.13. The first-order valence-electron chi connectivity index (χ1n) is 12.8. The Morgan fingerprint density at radius 3 is 1.25 bits per heavy atom. The van der Waals surface area contributed by atoms with E-state index in [0.29, 0.717) is 0 Å². The lowest BCUT2D eigenvalue weighted by atomic mass is 9.95. The molecule has 44 heavy (non-hydrogen) atoms. The zero-order chi connectivity index (χ0) is 32.0. The van der Waals surface area contributed by atoms with Gasteiger partial charge in [-0.1, -0.05) is 24.3 Å². The van der Waals surface area contributed by atoms with E-state index in [2.05, 4.69) is 20.1 Å². The number of nitrogens with one attached hydrogen (secondary N) is 2. The molecule has 2 amide bonds. The molecule has 0 fully saturated rings. The number of carbonyl (C=O) groups is 6. The summed E-state index contributed by atoms with van der Waals surface area (Å²) in [4.78, 5) is 73.8. The minimum Gasteiger partial charge on any atom is -0.478 e. The van der Waals surface area contributed by atoms with Gasteiger partial charge in [0, 0.05) is 11.4 Å². The van der Waals surface area contributed by atoms with Gasteiger partial charge < -0.3 is 30.3 Å². The molecule has 0 radical (unpaired) electrons. The highest BCUT2D eigenvalue weighted by molar-refractivity contribution is 6.13. The van der Waals surface area contributed by atoms with E-state index >= 15 is 0 Å². The Morgan fingerprint density at radius 1 is 0.523 bits per heavy atom. The smallest absolute Gasteiger partial charge is 0.337 e. The van der Waals surface area contributed by atoms with Crippen molar-refractivity contribution in [3.63, 3.8) is 0 Å². The molecule has 0 saturated heterocycles. The number of hydrogen-bond donors (Lipinski definition) is 4. The molecule has 0 aliphatic heterocycles. The number of methoxy groups -OCH3 is 2. The van der Waals surface area contributed by atoms with E-state index in [9.17, 15) is 39.0 Å². The van der Waals surface area contributed by atoms with E-state index in [4.69, 9.17) is 0 Å². The van der Waals surface area contributed by atoms with E-state index in [1.165, 1.54) is 99.1 Å². The number of aromatic carboxylic acids is 2. The van der Waals surface area contributed by atoms with Gasteiger partial charge in [-0.05, 0) is 71.8 Å². The van der Waals surface area contributed by atoms with Crippen LogP contribution in [0.3, 0.4) is 0 Å². The highest BCUT2D eigenvalue weighted by Gasteiger charge is 2.21. The number of ether oxygens (including phenoxy) is 2. The molecule has 4 aromatic carbocycles. The molecule has 0 atom stereocenters. The molecule has 4 aromatic rings. The molecule has 0 saturated carbocycles. The maximum atomic E-state index is 13.0. The number of rotatable bonds is 9. The van der Waals surface area contributed by atoms with Crippen LogP contribution in [0.25, 0.3) is 11.1 Å². The minimum absolute atomic E-state index is 0.181. The van der Waals surface area contributed by atoms with Gasteiger partial charge >= 0.3 is 23.9 Å². The van der Waals surface area contributed by atoms with Gasteiger partial charge in [-0.3, -0.25) is 9.59 Å². The molecule has 0 aliphatic rings. The summed E-state index contributed by atoms with van der Waals surface area (Å²) in [7, 11) is 2.42. The number of hydrogen-bond acceptors (Lipinski definition) is 8. The summed E-state index contributed by atoms with van der Waals surface area (Å²) in [5.41, 5.74) is 0.257. The Labute approximate surface area is 249 Å². The average Bonchev–Trinajstić information content (AvgIpc) is 3.03. The quantitative estimate of drug-likeness (QED) is 0.195. The molecule has 0 heterocycles. The molecule has 4 N–H and O–H groups in total. The van der Waals surface area contributed by atoms with Crippen molar-refractivity contribution in [1.82, 2.24) is 0 Å². The van der Waals surface area contributed by atoms with E-state index in [1.54, 1.807) is 0 Å². The van der Waals surface area contributed by atoms with Crippen LogP contribution in [0.15, 0.2) is 84.9 Å². The second kappa shape index (κ2) is 13.1. The van der Waals surface area contributed by atoms with Crippen LogP contribution in [-0.2, 0) is 9.47 Å². The van der Waals surface area contributed by atoms with Gasteiger partial charge in [-0.15, -0.1) is 0 Å². The van der Waals surface area contributed by atoms with E-state index in [1.807, 2.05) is 0 Å². The van der Waals surface area contributed by atoms with Gasteiger partial charge in [-0.2, -0.15) is 0 Å². The van der Waals surface area contributed by atoms with Crippen LogP contribution in [0, 0.1) is 0 Å². The Bertz CT molecular complexity index is 1700. The zero-order valence-electron chi connectivity index (χ0n) is 23.2. The molecular weight excluding hydrogens is 572 g/mol. The highest BCUT2D eigenvalue weighted by Crippen LogP contribution is 2.27. The molecule has 0 bridgehead atoms. The third-order valence-electron chi connectivity index (χ3n) is 6.41. The third kappa shape index (κ3) is 6.77. The summed E-state index contributed by atoms with van der Waals surface area (Å²) in [6.45, 7) is 0. The molecular formula is C32H24N2O10. The number of benzene rings is 4. The SMILES string of the molecule is COC(=O)c1cccc(NC(=O)c2ccc(-c3ccc(C(=O)Nc4cccc(C(=O)OC)c4)c(C(=O)O)c3)cc2C(=O)O)c1. The van der Waals surface area contributed by atoms with Crippen LogP contribution >= 0.6 is 0 Å². The first-order valence-corrected chi connectivity index (χ1v) is 12.8. The van der Waals surface area contributed by atoms with Crippen molar-refractivity contribution >= 4 is 47.1 Å². The fraction of sp³-hybridized carbons (Fsp3) is 0.0625. The molecule has 0 unspecified atom stereocenters. The Kier molecular flexibility index (Phi) is 9.14. The molecule has 0 aromatic heterocycles. The van der Waals surface area contributed by atoms with Crippen LogP contribution in [-0.4, -0.2) is 60.1 Å². The highest BCUT2D eigenvalue weighted by atomic mass is 16.5. The van der Waals surface area contributed by atoms with E-state index in [0.717, 1.165) is 0 Å². The maximum absolute atomic E-state index is 13.0. The van der Waals surface area contributed by atoms with Crippen molar-refractivity contribution in [1.29, 1.82) is 0 Å². The van der Waals surface area contributed by atoms with Crippen LogP contribution in [0.4, 0.5) is 11.4 Å². The Morgan fingerprint density at radius 2 is 0.909 bits per heavy atom. The average molecular weight is 597 g/mol. The summed E-state index contributed by atoms with van der Waals surface area (Å²) in [5, 5.41) is 24.8. The van der Waals surface area contributed by atoms with Gasteiger partial charge in [0.15, 0.2) is 0 Å². The molecule has 0 aliphatic carbocycles. The fourth-order valence-electron chi connectivity index (χ4n) is 4.28. The summed E-state index contributed by atoms with van der Waals surface area (Å²) < 4.78 is 9.34. The van der Waals surface area contributed by atoms with Crippen LogP contribution in [0.1, 0.15) is 62.1 Å². The van der Waals surface area contributed by atoms with Gasteiger partial charge in [0.2, 0.25) is 0 Å². The minimum atomic E-state index is -1.41. The van der Waals surface area contributed by atoms with Crippen molar-refractivity contribution in [2.45, 2.75) is 0 Å². The Balaban J connectivity index is 1.63. The fourth-order valence-corrected chi connectivity index (χ4v) is 4.28. The third-order valence-corrected chi connectivity index (χ3v) is 6.41. The van der Waals surface area contributed by atoms with Crippen molar-refractivity contribution in [3.8, 4) is 11.1 Å². The van der Waals surface area contributed by atoms with Gasteiger partial charge in [0.25, 0.3) is 11.8 Å². The number of carboxylic acid groups (broad SMARTS) is 2. The number of carboxylic acids is 2. The lowest BCUT2D eigenvalue weighted by Crippen LogP contribution is -2.17. The lowest BCUT2D eigenvalue weighted by molar-refractivity contribution is 0.0592. The van der Waals surface area contributed by atoms with E-state index < -0.39 is 35.7 Å². The second-order valence-corrected chi connectivity index (χ2v) is 9.18. The number of amides is 2. The first kappa shape index (κ1) is 30.7. The summed E-state index contributed by atoms with van der Waals surface area (Å²) in [6, 6.07) is 19.6. The van der Waals surface area contributed by atoms with Crippen molar-refractivity contribution in [3.05, 3.63) is 118 Å². The van der Waals surface area contributed by atoms with Crippen molar-refractivity contribution < 1.29 is 48.5 Å². The predicted octanol–water partition coefficient (Wildman–Crippen LogP) is 4.83. The second-order valence-electron chi connectivity index (χ2n) is 9.18. The summed E-state index contributed by atoms with van der Waals surface area (Å²) >= 11 is 0. The van der Waals surface area contributed by atoms with Crippen LogP contribution in [0.5, 0.6) is 0 Å². The molecule has 12 nitrogen and oxygen atoms in total. The van der Waals surface area contributed by atoms with Crippen molar-refractivity contribution in [2.24, 2.45) is 0 Å². The molecule has 12 heteroatoms. The molecule has 222 valence electrons. The summed E-state index contributed by atoms with van der Waals surface area (Å²) in [6.07, 6.45) is 0. The van der Waals surface area contributed by atoms with Crippen LogP contribution < -0.4 is 10.6 Å². The van der Waals surface area contributed by atoms with Gasteiger partial charge in [0.1, 0.15) is 0 Å². The predicted molar refractivity (Wildman–Crippen MR) is 157 cm³/mol. The monoisotopic (exact) mass is 596 g/mol. The Hall–Kier alpha value is -6.30. The summed E-state index contributed by atoms with van der Waals surface area (Å²) in [5.74, 6) is -5.58. The number of anilines is 2. The zero-order valence-corrected chi connectivity index (χ0v) is 23.2. The first-order chi connectivity index (χ1) is 21.0. The van der Waals surface area contributed by atoms with Gasteiger partial charge in [-0.25, -0.2) is 19.2 Å². The van der Waals surface area contributed by atoms with E-state index in [-0.39, 0.29) is 55.9 Å². The maximum Gasteiger partial charge on any atom is 0.337 e. The molecule has 4 rings (SSSR count). The molecule has 0 spiro atoms. The van der Waals surface area contributed by atoms with Crippen molar-refractivity contribution in [2.75, 3.05) is 24.9 Å². The number of esters is 2. The topological polar surface area (TPSA) is 185 Å². The van der Waals surface area contributed by atoms with Crippen LogP contribution in [0.2, 0.25) is 0 Å².